The van der Waals surface area contributed by atoms with Gasteiger partial charge in [0.25, 0.3) is 0 Å². The number of benzene rings is 1. The van der Waals surface area contributed by atoms with Crippen LogP contribution in [0.5, 0.6) is 0 Å². The Hall–Kier alpha value is -1.90. The first-order valence-corrected chi connectivity index (χ1v) is 9.76. The van der Waals surface area contributed by atoms with Crippen LogP contribution in [0.2, 0.25) is 0 Å². The molecule has 2 N–H and O–H groups in total. The molecule has 1 aromatic carbocycles. The number of aryl methyl sites for hydroxylation is 2. The predicted octanol–water partition coefficient (Wildman–Crippen LogP) is 4.69. The van der Waals surface area contributed by atoms with Gasteiger partial charge in [0.1, 0.15) is 0 Å². The Morgan fingerprint density at radius 1 is 1.25 bits per heavy atom. The quantitative estimate of drug-likeness (QED) is 0.678. The highest BCUT2D eigenvalue weighted by atomic mass is 32.2. The molecule has 8 heteroatoms. The summed E-state index contributed by atoms with van der Waals surface area (Å²) in [5, 5.41) is 8.68. The van der Waals surface area contributed by atoms with E-state index in [0.29, 0.717) is 6.54 Å². The van der Waals surface area contributed by atoms with Crippen LogP contribution in [0, 0.1) is 13.8 Å². The minimum absolute atomic E-state index is 0.225. The van der Waals surface area contributed by atoms with Gasteiger partial charge in [0.05, 0.1) is 11.6 Å². The van der Waals surface area contributed by atoms with Crippen molar-refractivity contribution in [1.29, 1.82) is 0 Å². The molecule has 2 aromatic heterocycles. The highest BCUT2D eigenvalue weighted by Crippen LogP contribution is 2.30. The van der Waals surface area contributed by atoms with Crippen LogP contribution in [0.15, 0.2) is 45.1 Å². The van der Waals surface area contributed by atoms with Gasteiger partial charge in [-0.15, -0.1) is 22.7 Å². The van der Waals surface area contributed by atoms with Crippen LogP contribution in [0.1, 0.15) is 15.6 Å². The van der Waals surface area contributed by atoms with E-state index in [1.54, 1.807) is 40.6 Å². The highest BCUT2D eigenvalue weighted by molar-refractivity contribution is 8.01. The Balaban J connectivity index is 1.50. The number of hydrogen-bond donors (Lipinski definition) is 2. The molecule has 0 bridgehead atoms. The second kappa shape index (κ2) is 7.78. The summed E-state index contributed by atoms with van der Waals surface area (Å²) in [7, 11) is 0. The number of aromatic nitrogens is 2. The Morgan fingerprint density at radius 3 is 2.67 bits per heavy atom. The van der Waals surface area contributed by atoms with Crippen molar-refractivity contribution in [2.45, 2.75) is 29.6 Å². The third kappa shape index (κ3) is 4.80. The molecular formula is C16H16N4OS3. The smallest absolute Gasteiger partial charge is 0.319 e. The molecule has 0 radical (unpaired) electrons. The average Bonchev–Trinajstić information content (AvgIpc) is 3.16. The zero-order valence-electron chi connectivity index (χ0n) is 13.2. The molecule has 24 heavy (non-hydrogen) atoms. The number of amides is 2. The third-order valence-corrected chi connectivity index (χ3v) is 5.98. The summed E-state index contributed by atoms with van der Waals surface area (Å²) in [6.45, 7) is 4.41. The number of urea groups is 1. The summed E-state index contributed by atoms with van der Waals surface area (Å²) in [4.78, 5) is 22.6. The van der Waals surface area contributed by atoms with Crippen LogP contribution in [0.3, 0.4) is 0 Å². The standard InChI is InChI=1S/C16H16N4OS3/c1-10-9-22-16(19-10)24-13-5-3-12(4-6-13)20-15(21)18-8-14-7-17-11(2)23-14/h3-7,9H,8H2,1-2H3,(H2,18,20,21). The van der Waals surface area contributed by atoms with Crippen LogP contribution in [0.4, 0.5) is 10.5 Å². The lowest BCUT2D eigenvalue weighted by Gasteiger charge is -2.07. The Kier molecular flexibility index (Phi) is 5.49. The van der Waals surface area contributed by atoms with Gasteiger partial charge in [0.2, 0.25) is 0 Å². The van der Waals surface area contributed by atoms with Crippen LogP contribution >= 0.6 is 34.4 Å². The van der Waals surface area contributed by atoms with Gasteiger partial charge in [-0.05, 0) is 38.1 Å². The molecule has 0 aliphatic carbocycles. The molecule has 0 saturated carbocycles. The maximum atomic E-state index is 11.9. The van der Waals surface area contributed by atoms with Crippen LogP contribution in [-0.2, 0) is 6.54 Å². The number of anilines is 1. The van der Waals surface area contributed by atoms with Gasteiger partial charge in [0.15, 0.2) is 4.34 Å². The van der Waals surface area contributed by atoms with E-state index in [9.17, 15) is 4.79 Å². The Morgan fingerprint density at radius 2 is 2.04 bits per heavy atom. The van der Waals surface area contributed by atoms with Crippen molar-refractivity contribution >= 4 is 46.2 Å². The number of carbonyl (C=O) groups is 1. The molecule has 3 rings (SSSR count). The summed E-state index contributed by atoms with van der Waals surface area (Å²) >= 11 is 4.83. The number of rotatable bonds is 5. The van der Waals surface area contributed by atoms with Crippen LogP contribution < -0.4 is 10.6 Å². The molecule has 5 nitrogen and oxygen atoms in total. The minimum Gasteiger partial charge on any atom is -0.333 e. The van der Waals surface area contributed by atoms with Gasteiger partial charge in [-0.25, -0.2) is 14.8 Å². The van der Waals surface area contributed by atoms with E-state index in [2.05, 4.69) is 20.6 Å². The summed E-state index contributed by atoms with van der Waals surface area (Å²) in [6.07, 6.45) is 1.78. The van der Waals surface area contributed by atoms with E-state index in [-0.39, 0.29) is 6.03 Å². The molecule has 0 aliphatic rings. The van der Waals surface area contributed by atoms with Gasteiger partial charge < -0.3 is 10.6 Å². The van der Waals surface area contributed by atoms with E-state index >= 15 is 0 Å². The molecular weight excluding hydrogens is 360 g/mol. The van der Waals surface area contributed by atoms with E-state index in [4.69, 9.17) is 0 Å². The molecule has 0 spiro atoms. The summed E-state index contributed by atoms with van der Waals surface area (Å²) < 4.78 is 1.02. The van der Waals surface area contributed by atoms with Gasteiger partial charge >= 0.3 is 6.03 Å². The first-order valence-electron chi connectivity index (χ1n) is 7.25. The number of carbonyl (C=O) groups excluding carboxylic acids is 1. The number of thiazole rings is 2. The van der Waals surface area contributed by atoms with Crippen molar-refractivity contribution in [3.05, 3.63) is 51.4 Å². The molecule has 0 aliphatic heterocycles. The van der Waals surface area contributed by atoms with E-state index in [1.807, 2.05) is 43.5 Å². The SMILES string of the molecule is Cc1csc(Sc2ccc(NC(=O)NCc3cnc(C)s3)cc2)n1. The van der Waals surface area contributed by atoms with Crippen molar-refractivity contribution in [3.63, 3.8) is 0 Å². The lowest BCUT2D eigenvalue weighted by molar-refractivity contribution is 0.252. The maximum Gasteiger partial charge on any atom is 0.319 e. The molecule has 0 saturated heterocycles. The first-order chi connectivity index (χ1) is 11.6. The fourth-order valence-electron chi connectivity index (χ4n) is 1.92. The predicted molar refractivity (Wildman–Crippen MR) is 100 cm³/mol. The minimum atomic E-state index is -0.225. The average molecular weight is 377 g/mol. The van der Waals surface area contributed by atoms with Gasteiger partial charge in [-0.2, -0.15) is 0 Å². The number of nitrogens with zero attached hydrogens (tertiary/aromatic N) is 2. The zero-order valence-corrected chi connectivity index (χ0v) is 15.6. The molecule has 3 aromatic rings. The Bertz CT molecular complexity index is 826. The lowest BCUT2D eigenvalue weighted by atomic mass is 10.3. The molecule has 124 valence electrons. The Labute approximate surface area is 152 Å². The highest BCUT2D eigenvalue weighted by Gasteiger charge is 2.05. The number of nitrogens with one attached hydrogen (secondary N) is 2. The third-order valence-electron chi connectivity index (χ3n) is 3.01. The zero-order chi connectivity index (χ0) is 16.9. The van der Waals surface area contributed by atoms with Crippen molar-refractivity contribution < 1.29 is 4.79 Å². The van der Waals surface area contributed by atoms with E-state index < -0.39 is 0 Å². The van der Waals surface area contributed by atoms with Gasteiger partial charge in [-0.1, -0.05) is 11.8 Å². The largest absolute Gasteiger partial charge is 0.333 e. The molecule has 2 amide bonds. The second-order valence-electron chi connectivity index (χ2n) is 5.03. The summed E-state index contributed by atoms with van der Waals surface area (Å²) in [6, 6.07) is 7.50. The fraction of sp³-hybridized carbons (Fsp3) is 0.188. The lowest BCUT2D eigenvalue weighted by Crippen LogP contribution is -2.27. The molecule has 0 fully saturated rings. The van der Waals surface area contributed by atoms with Crippen molar-refractivity contribution in [2.24, 2.45) is 0 Å². The number of hydrogen-bond acceptors (Lipinski definition) is 6. The monoisotopic (exact) mass is 376 g/mol. The van der Waals surface area contributed by atoms with Gasteiger partial charge in [0, 0.05) is 32.7 Å². The normalized spacial score (nSPS) is 10.6. The van der Waals surface area contributed by atoms with Crippen molar-refractivity contribution in [3.8, 4) is 0 Å². The van der Waals surface area contributed by atoms with E-state index in [0.717, 1.165) is 30.5 Å². The summed E-state index contributed by atoms with van der Waals surface area (Å²) in [5.74, 6) is 0. The molecule has 0 atom stereocenters. The first kappa shape index (κ1) is 16.9. The molecule has 2 heterocycles. The second-order valence-corrected chi connectivity index (χ2v) is 8.53. The van der Waals surface area contributed by atoms with Crippen molar-refractivity contribution in [1.82, 2.24) is 15.3 Å². The molecule has 0 unspecified atom stereocenters. The topological polar surface area (TPSA) is 66.9 Å². The van der Waals surface area contributed by atoms with E-state index in [1.165, 1.54) is 0 Å². The van der Waals surface area contributed by atoms with Crippen molar-refractivity contribution in [2.75, 3.05) is 5.32 Å². The van der Waals surface area contributed by atoms with Crippen LogP contribution in [0.25, 0.3) is 0 Å². The fourth-order valence-corrected chi connectivity index (χ4v) is 4.46. The summed E-state index contributed by atoms with van der Waals surface area (Å²) in [5.41, 5.74) is 1.79. The van der Waals surface area contributed by atoms with Crippen LogP contribution in [-0.4, -0.2) is 16.0 Å². The maximum absolute atomic E-state index is 11.9. The van der Waals surface area contributed by atoms with Gasteiger partial charge in [-0.3, -0.25) is 0 Å².